The summed E-state index contributed by atoms with van der Waals surface area (Å²) in [6.07, 6.45) is 0. The van der Waals surface area contributed by atoms with Crippen molar-refractivity contribution in [1.29, 1.82) is 0 Å². The van der Waals surface area contributed by atoms with Crippen molar-refractivity contribution in [2.75, 3.05) is 74.3 Å². The predicted molar refractivity (Wildman–Crippen MR) is 120 cm³/mol. The Balaban J connectivity index is 1.44. The van der Waals surface area contributed by atoms with Crippen molar-refractivity contribution in [3.05, 3.63) is 53.8 Å². The van der Waals surface area contributed by atoms with Crippen LogP contribution in [0.2, 0.25) is 0 Å². The lowest BCUT2D eigenvalue weighted by Gasteiger charge is -2.33. The van der Waals surface area contributed by atoms with Crippen LogP contribution < -0.4 is 20.4 Å². The van der Waals surface area contributed by atoms with E-state index in [1.54, 1.807) is 0 Å². The lowest BCUT2D eigenvalue weighted by molar-refractivity contribution is -0.115. The van der Waals surface area contributed by atoms with Gasteiger partial charge in [0, 0.05) is 37.4 Å². The summed E-state index contributed by atoms with van der Waals surface area (Å²) in [5, 5.41) is 5.49. The molecule has 2 amide bonds. The molecule has 2 saturated heterocycles. The van der Waals surface area contributed by atoms with Gasteiger partial charge in [-0.1, -0.05) is 0 Å². The molecule has 0 radical (unpaired) electrons. The van der Waals surface area contributed by atoms with Gasteiger partial charge in [-0.25, -0.2) is 4.39 Å². The van der Waals surface area contributed by atoms with Crippen LogP contribution in [0.15, 0.2) is 42.5 Å². The fraction of sp³-hybridized carbons (Fsp3) is 0.391. The van der Waals surface area contributed by atoms with E-state index in [2.05, 4.69) is 26.5 Å². The number of morpholine rings is 2. The Morgan fingerprint density at radius 2 is 1.50 bits per heavy atom. The summed E-state index contributed by atoms with van der Waals surface area (Å²) in [5.74, 6) is -1.19. The smallest absolute Gasteiger partial charge is 0.251 e. The topological polar surface area (TPSA) is 83.1 Å². The summed E-state index contributed by atoms with van der Waals surface area (Å²) >= 11 is 0. The van der Waals surface area contributed by atoms with Crippen LogP contribution in [0, 0.1) is 5.82 Å². The molecular formula is C23H27FN4O4. The molecule has 2 heterocycles. The number of ether oxygens (including phenoxy) is 2. The summed E-state index contributed by atoms with van der Waals surface area (Å²) in [7, 11) is 0. The van der Waals surface area contributed by atoms with Crippen molar-refractivity contribution in [3.8, 4) is 0 Å². The molecule has 2 N–H and O–H groups in total. The van der Waals surface area contributed by atoms with Crippen LogP contribution in [0.3, 0.4) is 0 Å². The number of benzene rings is 2. The summed E-state index contributed by atoms with van der Waals surface area (Å²) in [6.45, 7) is 5.56. The Kier molecular flexibility index (Phi) is 7.18. The molecule has 0 unspecified atom stereocenters. The van der Waals surface area contributed by atoms with E-state index in [4.69, 9.17) is 9.47 Å². The Morgan fingerprint density at radius 1 is 0.875 bits per heavy atom. The van der Waals surface area contributed by atoms with Crippen molar-refractivity contribution in [1.82, 2.24) is 5.32 Å². The minimum atomic E-state index is -0.434. The number of hydrogen-bond donors (Lipinski definition) is 2. The summed E-state index contributed by atoms with van der Waals surface area (Å²) in [5.41, 5.74) is 2.99. The van der Waals surface area contributed by atoms with Crippen LogP contribution in [0.1, 0.15) is 10.4 Å². The normalized spacial score (nSPS) is 16.5. The fourth-order valence-electron chi connectivity index (χ4n) is 3.77. The molecule has 8 nitrogen and oxygen atoms in total. The molecule has 0 spiro atoms. The highest BCUT2D eigenvalue weighted by Crippen LogP contribution is 2.32. The lowest BCUT2D eigenvalue weighted by atomic mass is 10.1. The van der Waals surface area contributed by atoms with Gasteiger partial charge < -0.3 is 29.9 Å². The Labute approximate surface area is 186 Å². The number of halogens is 1. The summed E-state index contributed by atoms with van der Waals surface area (Å²) in [4.78, 5) is 29.2. The third-order valence-electron chi connectivity index (χ3n) is 5.50. The number of hydrogen-bond acceptors (Lipinski definition) is 6. The van der Waals surface area contributed by atoms with E-state index >= 15 is 0 Å². The quantitative estimate of drug-likeness (QED) is 0.711. The maximum absolute atomic E-state index is 13.0. The predicted octanol–water partition coefficient (Wildman–Crippen LogP) is 1.87. The average Bonchev–Trinajstić information content (AvgIpc) is 2.84. The summed E-state index contributed by atoms with van der Waals surface area (Å²) < 4.78 is 24.0. The standard InChI is InChI=1S/C23H27FN4O4/c24-18-3-1-17(2-4-18)23(30)25-16-22(29)26-20-6-5-19(27-7-11-31-12-8-27)15-21(20)28-9-13-32-14-10-28/h1-6,15H,7-14,16H2,(H,25,30)(H,26,29). The zero-order chi connectivity index (χ0) is 22.3. The van der Waals surface area contributed by atoms with E-state index in [0.29, 0.717) is 37.7 Å². The van der Waals surface area contributed by atoms with Crippen molar-refractivity contribution in [2.45, 2.75) is 0 Å². The van der Waals surface area contributed by atoms with Gasteiger partial charge in [-0.3, -0.25) is 9.59 Å². The Bertz CT molecular complexity index is 942. The van der Waals surface area contributed by atoms with Gasteiger partial charge in [0.2, 0.25) is 5.91 Å². The number of carbonyl (C=O) groups is 2. The molecule has 0 atom stereocenters. The zero-order valence-electron chi connectivity index (χ0n) is 17.8. The molecule has 0 aliphatic carbocycles. The minimum absolute atomic E-state index is 0.190. The van der Waals surface area contributed by atoms with Gasteiger partial charge in [-0.05, 0) is 42.5 Å². The molecule has 32 heavy (non-hydrogen) atoms. The second-order valence-electron chi connectivity index (χ2n) is 7.64. The van der Waals surface area contributed by atoms with E-state index < -0.39 is 11.7 Å². The second kappa shape index (κ2) is 10.4. The molecule has 2 aromatic rings. The van der Waals surface area contributed by atoms with Gasteiger partial charge in [0.05, 0.1) is 44.3 Å². The van der Waals surface area contributed by atoms with E-state index in [0.717, 1.165) is 37.6 Å². The maximum atomic E-state index is 13.0. The zero-order valence-corrected chi connectivity index (χ0v) is 17.8. The first kappa shape index (κ1) is 22.0. The molecule has 170 valence electrons. The van der Waals surface area contributed by atoms with Gasteiger partial charge in [-0.15, -0.1) is 0 Å². The Morgan fingerprint density at radius 3 is 2.16 bits per heavy atom. The fourth-order valence-corrected chi connectivity index (χ4v) is 3.77. The highest BCUT2D eigenvalue weighted by atomic mass is 19.1. The second-order valence-corrected chi connectivity index (χ2v) is 7.64. The van der Waals surface area contributed by atoms with Gasteiger partial charge in [0.1, 0.15) is 5.82 Å². The summed E-state index contributed by atoms with van der Waals surface area (Å²) in [6, 6.07) is 11.1. The van der Waals surface area contributed by atoms with E-state index in [-0.39, 0.29) is 12.5 Å². The number of carbonyl (C=O) groups excluding carboxylic acids is 2. The van der Waals surface area contributed by atoms with Crippen molar-refractivity contribution in [3.63, 3.8) is 0 Å². The highest BCUT2D eigenvalue weighted by molar-refractivity contribution is 6.00. The van der Waals surface area contributed by atoms with Crippen LogP contribution in [-0.2, 0) is 14.3 Å². The van der Waals surface area contributed by atoms with E-state index in [1.165, 1.54) is 24.3 Å². The lowest BCUT2D eigenvalue weighted by Crippen LogP contribution is -2.38. The molecular weight excluding hydrogens is 415 g/mol. The largest absolute Gasteiger partial charge is 0.378 e. The minimum Gasteiger partial charge on any atom is -0.378 e. The molecule has 0 aromatic heterocycles. The van der Waals surface area contributed by atoms with Crippen LogP contribution in [0.4, 0.5) is 21.5 Å². The van der Waals surface area contributed by atoms with E-state index in [1.807, 2.05) is 12.1 Å². The number of amides is 2. The van der Waals surface area contributed by atoms with Gasteiger partial charge in [0.15, 0.2) is 0 Å². The first-order valence-corrected chi connectivity index (χ1v) is 10.7. The monoisotopic (exact) mass is 442 g/mol. The molecule has 0 bridgehead atoms. The van der Waals surface area contributed by atoms with E-state index in [9.17, 15) is 14.0 Å². The van der Waals surface area contributed by atoms with Crippen LogP contribution in [0.25, 0.3) is 0 Å². The van der Waals surface area contributed by atoms with Gasteiger partial charge >= 0.3 is 0 Å². The number of nitrogens with zero attached hydrogens (tertiary/aromatic N) is 2. The van der Waals surface area contributed by atoms with Gasteiger partial charge in [-0.2, -0.15) is 0 Å². The molecule has 0 saturated carbocycles. The average molecular weight is 442 g/mol. The number of anilines is 3. The Hall–Kier alpha value is -3.17. The van der Waals surface area contributed by atoms with Crippen molar-refractivity contribution >= 4 is 28.9 Å². The molecule has 2 fully saturated rings. The van der Waals surface area contributed by atoms with Gasteiger partial charge in [0.25, 0.3) is 5.91 Å². The van der Waals surface area contributed by atoms with Crippen LogP contribution in [-0.4, -0.2) is 71.0 Å². The molecule has 9 heteroatoms. The van der Waals surface area contributed by atoms with Crippen molar-refractivity contribution < 1.29 is 23.5 Å². The number of rotatable bonds is 6. The van der Waals surface area contributed by atoms with Crippen LogP contribution >= 0.6 is 0 Å². The molecule has 2 aromatic carbocycles. The number of nitrogens with one attached hydrogen (secondary N) is 2. The first-order valence-electron chi connectivity index (χ1n) is 10.7. The van der Waals surface area contributed by atoms with Crippen LogP contribution in [0.5, 0.6) is 0 Å². The highest BCUT2D eigenvalue weighted by Gasteiger charge is 2.20. The van der Waals surface area contributed by atoms with Crippen molar-refractivity contribution in [2.24, 2.45) is 0 Å². The maximum Gasteiger partial charge on any atom is 0.251 e. The molecule has 2 aliphatic rings. The SMILES string of the molecule is O=C(CNC(=O)c1ccc(F)cc1)Nc1ccc(N2CCOCC2)cc1N1CCOCC1. The molecule has 4 rings (SSSR count). The third-order valence-corrected chi connectivity index (χ3v) is 5.50. The first-order chi connectivity index (χ1) is 15.6. The third kappa shape index (κ3) is 5.54. The molecule has 2 aliphatic heterocycles.